The summed E-state index contributed by atoms with van der Waals surface area (Å²) in [6.45, 7) is 3.13. The van der Waals surface area contributed by atoms with Crippen molar-refractivity contribution in [3.05, 3.63) is 40.6 Å². The minimum Gasteiger partial charge on any atom is -0.336 e. The van der Waals surface area contributed by atoms with E-state index in [0.29, 0.717) is 6.04 Å². The highest BCUT2D eigenvalue weighted by Crippen LogP contribution is 2.24. The molecule has 0 aliphatic carbocycles. The van der Waals surface area contributed by atoms with Gasteiger partial charge in [0, 0.05) is 41.8 Å². The van der Waals surface area contributed by atoms with E-state index in [2.05, 4.69) is 20.5 Å². The molecule has 5 heteroatoms. The van der Waals surface area contributed by atoms with Gasteiger partial charge in [-0.25, -0.2) is 4.98 Å². The topological polar surface area (TPSA) is 44.9 Å². The fraction of sp³-hybridized carbons (Fsp3) is 0.429. The monoisotopic (exact) mass is 272 g/mol. The molecule has 0 N–H and O–H groups in total. The number of aromatic nitrogens is 2. The van der Waals surface area contributed by atoms with E-state index < -0.39 is 0 Å². The van der Waals surface area contributed by atoms with Crippen molar-refractivity contribution < 1.29 is 0 Å². The van der Waals surface area contributed by atoms with Gasteiger partial charge in [-0.2, -0.15) is 5.26 Å². The van der Waals surface area contributed by atoms with Gasteiger partial charge >= 0.3 is 0 Å². The van der Waals surface area contributed by atoms with Gasteiger partial charge in [0.25, 0.3) is 0 Å². The molecule has 3 rings (SSSR count). The Bertz CT molecular complexity index is 567. The molecule has 98 valence electrons. The standard InChI is InChI=1S/C14H16N4S/c15-7-12-6-14(19-10-12)9-18-4-1-2-13(18)8-17-5-3-16-11-17/h3,5-6,10-11,13H,1-2,4,8-9H2/t13-/m0/s1. The first-order valence-corrected chi connectivity index (χ1v) is 7.40. The smallest absolute Gasteiger partial charge is 0.100 e. The Balaban J connectivity index is 1.64. The molecule has 2 aromatic heterocycles. The predicted molar refractivity (Wildman–Crippen MR) is 74.7 cm³/mol. The van der Waals surface area contributed by atoms with Crippen molar-refractivity contribution in [2.24, 2.45) is 0 Å². The fourth-order valence-electron chi connectivity index (χ4n) is 2.67. The molecular formula is C14H16N4S. The van der Waals surface area contributed by atoms with Crippen molar-refractivity contribution in [2.45, 2.75) is 32.0 Å². The normalized spacial score (nSPS) is 19.6. The second kappa shape index (κ2) is 5.55. The maximum Gasteiger partial charge on any atom is 0.100 e. The highest BCUT2D eigenvalue weighted by Gasteiger charge is 2.25. The summed E-state index contributed by atoms with van der Waals surface area (Å²) in [5, 5.41) is 10.8. The van der Waals surface area contributed by atoms with Crippen LogP contribution < -0.4 is 0 Å². The van der Waals surface area contributed by atoms with Crippen LogP contribution in [0.25, 0.3) is 0 Å². The minimum absolute atomic E-state index is 0.585. The lowest BCUT2D eigenvalue weighted by Crippen LogP contribution is -2.31. The van der Waals surface area contributed by atoms with E-state index >= 15 is 0 Å². The van der Waals surface area contributed by atoms with Gasteiger partial charge in [-0.15, -0.1) is 11.3 Å². The number of hydrogen-bond donors (Lipinski definition) is 0. The van der Waals surface area contributed by atoms with Crippen LogP contribution in [0, 0.1) is 11.3 Å². The third kappa shape index (κ3) is 2.86. The van der Waals surface area contributed by atoms with Gasteiger partial charge < -0.3 is 4.57 Å². The second-order valence-corrected chi connectivity index (χ2v) is 5.94. The van der Waals surface area contributed by atoms with Gasteiger partial charge in [0.15, 0.2) is 0 Å². The highest BCUT2D eigenvalue weighted by atomic mass is 32.1. The highest BCUT2D eigenvalue weighted by molar-refractivity contribution is 7.10. The Morgan fingerprint density at radius 3 is 3.21 bits per heavy atom. The molecule has 0 radical (unpaired) electrons. The van der Waals surface area contributed by atoms with E-state index in [9.17, 15) is 0 Å². The molecule has 1 fully saturated rings. The number of nitriles is 1. The molecule has 0 bridgehead atoms. The summed E-state index contributed by atoms with van der Waals surface area (Å²) in [5.41, 5.74) is 0.783. The molecule has 1 aliphatic heterocycles. The number of likely N-dealkylation sites (tertiary alicyclic amines) is 1. The van der Waals surface area contributed by atoms with Crippen LogP contribution in [0.5, 0.6) is 0 Å². The first-order valence-electron chi connectivity index (χ1n) is 6.52. The van der Waals surface area contributed by atoms with Gasteiger partial charge in [-0.1, -0.05) is 0 Å². The van der Waals surface area contributed by atoms with Crippen LogP contribution in [0.15, 0.2) is 30.2 Å². The van der Waals surface area contributed by atoms with E-state index in [4.69, 9.17) is 5.26 Å². The summed E-state index contributed by atoms with van der Waals surface area (Å²) in [5.74, 6) is 0. The third-order valence-corrected chi connectivity index (χ3v) is 4.54. The molecule has 1 saturated heterocycles. The quantitative estimate of drug-likeness (QED) is 0.859. The summed E-state index contributed by atoms with van der Waals surface area (Å²) < 4.78 is 2.15. The van der Waals surface area contributed by atoms with Crippen LogP contribution >= 0.6 is 11.3 Å². The lowest BCUT2D eigenvalue weighted by Gasteiger charge is -2.24. The number of hydrogen-bond acceptors (Lipinski definition) is 4. The van der Waals surface area contributed by atoms with Gasteiger partial charge in [0.2, 0.25) is 0 Å². The van der Waals surface area contributed by atoms with E-state index in [1.54, 1.807) is 11.3 Å². The van der Waals surface area contributed by atoms with E-state index in [0.717, 1.165) is 25.2 Å². The van der Waals surface area contributed by atoms with Crippen molar-refractivity contribution in [2.75, 3.05) is 6.54 Å². The molecule has 0 unspecified atom stereocenters. The molecule has 0 saturated carbocycles. The molecule has 0 amide bonds. The first kappa shape index (κ1) is 12.4. The zero-order valence-electron chi connectivity index (χ0n) is 10.7. The molecule has 1 aliphatic rings. The minimum atomic E-state index is 0.585. The SMILES string of the molecule is N#Cc1csc(CN2CCC[C@H]2Cn2ccnc2)c1. The van der Waals surface area contributed by atoms with Crippen LogP contribution in [-0.2, 0) is 13.1 Å². The molecule has 0 spiro atoms. The summed E-state index contributed by atoms with van der Waals surface area (Å²) in [4.78, 5) is 7.91. The molecule has 0 aromatic carbocycles. The average Bonchev–Trinajstić information content (AvgIpc) is 3.14. The first-order chi connectivity index (χ1) is 9.35. The van der Waals surface area contributed by atoms with E-state index in [1.165, 1.54) is 17.7 Å². The summed E-state index contributed by atoms with van der Waals surface area (Å²) in [6, 6.07) is 4.80. The number of thiophene rings is 1. The van der Waals surface area contributed by atoms with Gasteiger partial charge in [0.05, 0.1) is 11.9 Å². The van der Waals surface area contributed by atoms with Crippen molar-refractivity contribution >= 4 is 11.3 Å². The Morgan fingerprint density at radius 2 is 2.47 bits per heavy atom. The van der Waals surface area contributed by atoms with Gasteiger partial charge in [0.1, 0.15) is 6.07 Å². The second-order valence-electron chi connectivity index (χ2n) is 4.94. The molecule has 3 heterocycles. The van der Waals surface area contributed by atoms with Crippen LogP contribution in [-0.4, -0.2) is 27.0 Å². The van der Waals surface area contributed by atoms with Crippen LogP contribution in [0.3, 0.4) is 0 Å². The summed E-state index contributed by atoms with van der Waals surface area (Å²) >= 11 is 1.69. The fourth-order valence-corrected chi connectivity index (χ4v) is 3.50. The van der Waals surface area contributed by atoms with Crippen molar-refractivity contribution in [1.82, 2.24) is 14.5 Å². The van der Waals surface area contributed by atoms with E-state index in [1.807, 2.05) is 30.2 Å². The predicted octanol–water partition coefficient (Wildman–Crippen LogP) is 2.48. The van der Waals surface area contributed by atoms with E-state index in [-0.39, 0.29) is 0 Å². The third-order valence-electron chi connectivity index (χ3n) is 3.62. The Morgan fingerprint density at radius 1 is 1.53 bits per heavy atom. The molecular weight excluding hydrogens is 256 g/mol. The number of rotatable bonds is 4. The molecule has 1 atom stereocenters. The zero-order valence-corrected chi connectivity index (χ0v) is 11.5. The van der Waals surface area contributed by atoms with Crippen molar-refractivity contribution in [3.63, 3.8) is 0 Å². The maximum atomic E-state index is 8.87. The average molecular weight is 272 g/mol. The Labute approximate surface area is 116 Å². The lowest BCUT2D eigenvalue weighted by atomic mass is 10.2. The van der Waals surface area contributed by atoms with Gasteiger partial charge in [-0.3, -0.25) is 4.90 Å². The maximum absolute atomic E-state index is 8.87. The number of nitrogens with zero attached hydrogens (tertiary/aromatic N) is 4. The largest absolute Gasteiger partial charge is 0.336 e. The summed E-state index contributed by atoms with van der Waals surface area (Å²) in [7, 11) is 0. The lowest BCUT2D eigenvalue weighted by molar-refractivity contribution is 0.226. The zero-order chi connectivity index (χ0) is 13.1. The Kier molecular flexibility index (Phi) is 3.62. The Hall–Kier alpha value is -1.64. The molecule has 4 nitrogen and oxygen atoms in total. The molecule has 19 heavy (non-hydrogen) atoms. The van der Waals surface area contributed by atoms with Crippen LogP contribution in [0.4, 0.5) is 0 Å². The van der Waals surface area contributed by atoms with Crippen molar-refractivity contribution in [3.8, 4) is 6.07 Å². The number of imidazole rings is 1. The van der Waals surface area contributed by atoms with Crippen molar-refractivity contribution in [1.29, 1.82) is 5.26 Å². The van der Waals surface area contributed by atoms with Gasteiger partial charge in [-0.05, 0) is 25.5 Å². The summed E-state index contributed by atoms with van der Waals surface area (Å²) in [6.07, 6.45) is 8.24. The molecule has 2 aromatic rings. The van der Waals surface area contributed by atoms with Crippen LogP contribution in [0.1, 0.15) is 23.3 Å². The van der Waals surface area contributed by atoms with Crippen LogP contribution in [0.2, 0.25) is 0 Å².